The summed E-state index contributed by atoms with van der Waals surface area (Å²) in [6.45, 7) is 3.92. The Labute approximate surface area is 288 Å². The van der Waals surface area contributed by atoms with Gasteiger partial charge in [-0.05, 0) is 47.9 Å². The summed E-state index contributed by atoms with van der Waals surface area (Å²) in [7, 11) is 0. The fourth-order valence-electron chi connectivity index (χ4n) is 7.89. The van der Waals surface area contributed by atoms with Gasteiger partial charge in [0.15, 0.2) is 5.82 Å². The first kappa shape index (κ1) is 30.7. The van der Waals surface area contributed by atoms with Gasteiger partial charge in [-0.15, -0.1) is 16.4 Å². The second-order valence-electron chi connectivity index (χ2n) is 13.2. The molecule has 3 N–H and O–H groups in total. The van der Waals surface area contributed by atoms with E-state index in [4.69, 9.17) is 26.8 Å². The number of aromatic nitrogens is 7. The minimum Gasteiger partial charge on any atom is -0.488 e. The first-order chi connectivity index (χ1) is 23.9. The fourth-order valence-corrected chi connectivity index (χ4v) is 8.94. The molecule has 49 heavy (non-hydrogen) atoms. The van der Waals surface area contributed by atoms with Crippen molar-refractivity contribution in [3.05, 3.63) is 58.0 Å². The van der Waals surface area contributed by atoms with Gasteiger partial charge in [-0.25, -0.2) is 13.9 Å². The molecule has 1 aliphatic carbocycles. The maximum absolute atomic E-state index is 15.2. The number of ether oxygens (including phenoxy) is 2. The lowest BCUT2D eigenvalue weighted by Gasteiger charge is -2.41. The second-order valence-corrected chi connectivity index (χ2v) is 14.9. The van der Waals surface area contributed by atoms with Crippen LogP contribution in [-0.2, 0) is 4.74 Å². The molecular weight excluding hydrogens is 673 g/mol. The number of carbonyl (C=O) groups excluding carboxylic acids is 1. The van der Waals surface area contributed by atoms with Gasteiger partial charge in [-0.1, -0.05) is 17.7 Å². The predicted octanol–water partition coefficient (Wildman–Crippen LogP) is 3.45. The van der Waals surface area contributed by atoms with Gasteiger partial charge in [0, 0.05) is 55.7 Å². The van der Waals surface area contributed by atoms with Crippen molar-refractivity contribution in [1.82, 2.24) is 45.0 Å². The molecule has 4 aliphatic rings. The van der Waals surface area contributed by atoms with E-state index in [9.17, 15) is 4.79 Å². The van der Waals surface area contributed by atoms with Gasteiger partial charge in [-0.3, -0.25) is 9.69 Å². The predicted molar refractivity (Wildman–Crippen MR) is 180 cm³/mol. The Morgan fingerprint density at radius 1 is 1.14 bits per heavy atom. The Hall–Kier alpha value is -4.38. The molecule has 4 aromatic heterocycles. The van der Waals surface area contributed by atoms with Crippen molar-refractivity contribution >= 4 is 45.9 Å². The number of carbonyl (C=O) groups is 1. The van der Waals surface area contributed by atoms with Crippen molar-refractivity contribution in [2.45, 2.75) is 49.9 Å². The van der Waals surface area contributed by atoms with Gasteiger partial charge in [-0.2, -0.15) is 9.78 Å². The van der Waals surface area contributed by atoms with E-state index in [0.29, 0.717) is 62.1 Å². The molecule has 1 saturated carbocycles. The normalized spacial score (nSPS) is 24.1. The smallest absolute Gasteiger partial charge is 0.265 e. The molecular formula is C32H33ClFN11O3S. The number of nitrogens with one attached hydrogen (secondary N) is 1. The van der Waals surface area contributed by atoms with Crippen molar-refractivity contribution < 1.29 is 18.7 Å². The van der Waals surface area contributed by atoms with Crippen LogP contribution in [0.25, 0.3) is 22.5 Å². The quantitative estimate of drug-likeness (QED) is 0.244. The zero-order valence-electron chi connectivity index (χ0n) is 26.3. The third kappa shape index (κ3) is 5.46. The highest BCUT2D eigenvalue weighted by molar-refractivity contribution is 7.18. The van der Waals surface area contributed by atoms with E-state index >= 15 is 4.39 Å². The van der Waals surface area contributed by atoms with E-state index in [1.165, 1.54) is 34.7 Å². The average Bonchev–Trinajstić information content (AvgIpc) is 3.90. The molecule has 2 bridgehead atoms. The lowest BCUT2D eigenvalue weighted by Crippen LogP contribution is -2.53. The van der Waals surface area contributed by atoms with Gasteiger partial charge >= 0.3 is 0 Å². The van der Waals surface area contributed by atoms with Crippen LogP contribution in [0.5, 0.6) is 5.75 Å². The number of halogens is 2. The summed E-state index contributed by atoms with van der Waals surface area (Å²) in [5.41, 5.74) is 9.29. The first-order valence-electron chi connectivity index (χ1n) is 16.4. The highest BCUT2D eigenvalue weighted by atomic mass is 35.5. The highest BCUT2D eigenvalue weighted by Crippen LogP contribution is 2.44. The number of nitrogen functional groups attached to an aromatic ring is 1. The minimum atomic E-state index is -0.493. The topological polar surface area (TPSA) is 154 Å². The molecule has 254 valence electrons. The number of likely N-dealkylation sites (tertiary alicyclic amines) is 1. The van der Waals surface area contributed by atoms with Gasteiger partial charge in [0.1, 0.15) is 46.4 Å². The summed E-state index contributed by atoms with van der Waals surface area (Å²) in [6.07, 6.45) is 6.49. The van der Waals surface area contributed by atoms with E-state index in [1.54, 1.807) is 22.7 Å². The summed E-state index contributed by atoms with van der Waals surface area (Å²) < 4.78 is 30.6. The minimum absolute atomic E-state index is 0.0684. The fraction of sp³-hybridized carbons (Fsp3) is 0.438. The number of thiophene rings is 1. The molecule has 14 nitrogen and oxygen atoms in total. The molecule has 17 heteroatoms. The van der Waals surface area contributed by atoms with Crippen LogP contribution < -0.4 is 20.7 Å². The zero-order chi connectivity index (χ0) is 33.2. The number of rotatable bonds is 8. The molecule has 3 unspecified atom stereocenters. The number of piperidine rings is 2. The monoisotopic (exact) mass is 705 g/mol. The van der Waals surface area contributed by atoms with Gasteiger partial charge in [0.05, 0.1) is 35.0 Å². The number of anilines is 2. The molecule has 4 atom stereocenters. The van der Waals surface area contributed by atoms with Crippen molar-refractivity contribution in [3.8, 4) is 22.7 Å². The summed E-state index contributed by atoms with van der Waals surface area (Å²) in [4.78, 5) is 23.2. The zero-order valence-corrected chi connectivity index (χ0v) is 27.9. The third-order valence-corrected chi connectivity index (χ3v) is 11.5. The van der Waals surface area contributed by atoms with E-state index in [-0.39, 0.29) is 23.7 Å². The van der Waals surface area contributed by atoms with E-state index in [1.807, 2.05) is 6.07 Å². The molecule has 3 aliphatic heterocycles. The number of nitrogens with zero attached hydrogens (tertiary/aromatic N) is 9. The number of tetrazole rings is 1. The Kier molecular flexibility index (Phi) is 7.63. The number of benzene rings is 1. The number of hydrogen-bond donors (Lipinski definition) is 2. The van der Waals surface area contributed by atoms with Crippen molar-refractivity contribution in [2.24, 2.45) is 5.92 Å². The largest absolute Gasteiger partial charge is 0.488 e. The van der Waals surface area contributed by atoms with Crippen LogP contribution in [0.2, 0.25) is 4.34 Å². The van der Waals surface area contributed by atoms with Crippen LogP contribution in [0.1, 0.15) is 35.4 Å². The third-order valence-electron chi connectivity index (χ3n) is 10.3. The van der Waals surface area contributed by atoms with Crippen molar-refractivity contribution in [1.29, 1.82) is 0 Å². The van der Waals surface area contributed by atoms with Crippen LogP contribution in [0, 0.1) is 11.7 Å². The average molecular weight is 706 g/mol. The summed E-state index contributed by atoms with van der Waals surface area (Å²) >= 11 is 7.69. The van der Waals surface area contributed by atoms with Crippen molar-refractivity contribution in [2.75, 3.05) is 43.5 Å². The number of amides is 1. The van der Waals surface area contributed by atoms with Crippen LogP contribution in [0.3, 0.4) is 0 Å². The maximum Gasteiger partial charge on any atom is 0.265 e. The first-order valence-corrected chi connectivity index (χ1v) is 17.6. The molecule has 1 aromatic carbocycles. The standard InChI is InChI=1S/C32H33ClFN11O3S/c33-28-10-27(48-26-8-20-6-18(26)11-43(20)21-13-47-14-21)30(49-28)32(46)39-19-2-1-5-42(12-19)25-9-24(45-29(25)31(35)36-15-38-45)17-3-4-23(22(34)7-17)44-16-37-40-41-44/h3-4,7,9-10,15-16,18-21,26H,1-2,5-6,8,11-14H2,(H,39,46)(H2,35,36,38)/t18?,19-,20?,26?/m1/s1. The SMILES string of the molecule is Nc1ncnn2c(-c3ccc(-n4cnnn4)c(F)c3)cc(N3CCC[C@@H](NC(=O)c4sc(Cl)cc4OC4CC5CC4CN5C4COC4)C3)c12. The molecule has 7 heterocycles. The number of nitrogens with two attached hydrogens (primary N) is 1. The molecule has 0 radical (unpaired) electrons. The molecule has 1 amide bonds. The molecule has 9 rings (SSSR count). The van der Waals surface area contributed by atoms with Gasteiger partial charge < -0.3 is 25.4 Å². The highest BCUT2D eigenvalue weighted by Gasteiger charge is 2.49. The van der Waals surface area contributed by atoms with Gasteiger partial charge in [0.25, 0.3) is 5.91 Å². The summed E-state index contributed by atoms with van der Waals surface area (Å²) in [5.74, 6) is 0.604. The van der Waals surface area contributed by atoms with Crippen LogP contribution in [0.15, 0.2) is 43.0 Å². The maximum atomic E-state index is 15.2. The molecule has 0 spiro atoms. The molecule has 5 aromatic rings. The summed E-state index contributed by atoms with van der Waals surface area (Å²) in [5, 5.41) is 18.7. The Morgan fingerprint density at radius 3 is 2.80 bits per heavy atom. The van der Waals surface area contributed by atoms with E-state index in [0.717, 1.165) is 57.7 Å². The van der Waals surface area contributed by atoms with Crippen LogP contribution >= 0.6 is 22.9 Å². The lowest BCUT2D eigenvalue weighted by molar-refractivity contribution is -0.0814. The van der Waals surface area contributed by atoms with Crippen molar-refractivity contribution in [3.63, 3.8) is 0 Å². The van der Waals surface area contributed by atoms with Crippen LogP contribution in [-0.4, -0.2) is 103 Å². The van der Waals surface area contributed by atoms with Gasteiger partial charge in [0.2, 0.25) is 0 Å². The van der Waals surface area contributed by atoms with E-state index < -0.39 is 5.82 Å². The molecule has 3 saturated heterocycles. The lowest BCUT2D eigenvalue weighted by atomic mass is 10.0. The number of hydrogen-bond acceptors (Lipinski definition) is 12. The summed E-state index contributed by atoms with van der Waals surface area (Å²) in [6, 6.07) is 9.41. The second kappa shape index (κ2) is 12.2. The van der Waals surface area contributed by atoms with E-state index in [2.05, 4.69) is 40.7 Å². The van der Waals surface area contributed by atoms with Crippen LogP contribution in [0.4, 0.5) is 15.9 Å². The number of fused-ring (bicyclic) bond motifs is 3. The Morgan fingerprint density at radius 2 is 2.04 bits per heavy atom. The Balaban J connectivity index is 0.925. The molecule has 4 fully saturated rings. The Bertz CT molecular complexity index is 2040.